The van der Waals surface area contributed by atoms with E-state index in [2.05, 4.69) is 46.2 Å². The molecule has 2 aromatic rings. The molecule has 0 saturated carbocycles. The molecule has 31 heavy (non-hydrogen) atoms. The summed E-state index contributed by atoms with van der Waals surface area (Å²) in [5.74, 6) is 0.0917. The van der Waals surface area contributed by atoms with Crippen molar-refractivity contribution >= 4 is 29.3 Å². The van der Waals surface area contributed by atoms with E-state index < -0.39 is 11.4 Å². The monoisotopic (exact) mass is 423 g/mol. The number of piperidine rings is 1. The number of amides is 2. The number of aromatic nitrogens is 3. The van der Waals surface area contributed by atoms with E-state index in [0.717, 1.165) is 18.5 Å². The zero-order valence-electron chi connectivity index (χ0n) is 18.2. The first-order valence-electron chi connectivity index (χ1n) is 10.3. The van der Waals surface area contributed by atoms with Gasteiger partial charge in [0.2, 0.25) is 11.9 Å². The number of nitrogens with one attached hydrogen (secondary N) is 2. The topological polar surface area (TPSA) is 126 Å². The summed E-state index contributed by atoms with van der Waals surface area (Å²) in [5, 5.41) is 14.3. The first-order valence-corrected chi connectivity index (χ1v) is 10.3. The van der Waals surface area contributed by atoms with E-state index in [1.807, 2.05) is 36.1 Å². The highest BCUT2D eigenvalue weighted by Gasteiger charge is 2.33. The molecule has 1 saturated heterocycles. The van der Waals surface area contributed by atoms with Gasteiger partial charge >= 0.3 is 0 Å². The number of carbonyl (C=O) groups is 2. The number of anilines is 3. The smallest absolute Gasteiger partial charge is 0.273 e. The van der Waals surface area contributed by atoms with Gasteiger partial charge in [-0.2, -0.15) is 4.98 Å². The van der Waals surface area contributed by atoms with Gasteiger partial charge < -0.3 is 21.3 Å². The maximum Gasteiger partial charge on any atom is 0.273 e. The number of primary amides is 1. The lowest BCUT2D eigenvalue weighted by Crippen LogP contribution is -2.57. The molecule has 0 aliphatic carbocycles. The van der Waals surface area contributed by atoms with Crippen LogP contribution in [-0.4, -0.2) is 45.6 Å². The molecule has 0 radical (unpaired) electrons. The molecule has 1 aliphatic rings. The second-order valence-electron chi connectivity index (χ2n) is 8.35. The molecule has 1 atom stereocenters. The van der Waals surface area contributed by atoms with Crippen molar-refractivity contribution in [1.29, 1.82) is 0 Å². The van der Waals surface area contributed by atoms with Gasteiger partial charge in [-0.3, -0.25) is 9.59 Å². The Bertz CT molecular complexity index is 974. The number of nitrogens with zero attached hydrogens (tertiary/aromatic N) is 4. The molecule has 4 N–H and O–H groups in total. The molecule has 1 aromatic carbocycles. The SMILES string of the molecule is C=CC(=O)NC1(C)CCCN(c2nnc(C(N)=O)c(Nc3ccc(C(C)C)cc3)n2)C1. The summed E-state index contributed by atoms with van der Waals surface area (Å²) in [5.41, 5.74) is 6.97. The van der Waals surface area contributed by atoms with Gasteiger partial charge in [0.25, 0.3) is 5.91 Å². The Kier molecular flexibility index (Phi) is 6.53. The Hall–Kier alpha value is -3.49. The van der Waals surface area contributed by atoms with Gasteiger partial charge in [0, 0.05) is 18.8 Å². The zero-order valence-corrected chi connectivity index (χ0v) is 18.2. The van der Waals surface area contributed by atoms with Crippen molar-refractivity contribution in [3.8, 4) is 0 Å². The van der Waals surface area contributed by atoms with Gasteiger partial charge in [-0.1, -0.05) is 32.6 Å². The average molecular weight is 424 g/mol. The van der Waals surface area contributed by atoms with Crippen LogP contribution in [0.4, 0.5) is 17.5 Å². The van der Waals surface area contributed by atoms with Crippen LogP contribution >= 0.6 is 0 Å². The molecule has 1 aromatic heterocycles. The molecule has 164 valence electrons. The molecule has 9 nitrogen and oxygen atoms in total. The van der Waals surface area contributed by atoms with Crippen LogP contribution in [0.15, 0.2) is 36.9 Å². The van der Waals surface area contributed by atoms with Crippen LogP contribution in [-0.2, 0) is 4.79 Å². The molecule has 2 heterocycles. The van der Waals surface area contributed by atoms with Crippen molar-refractivity contribution in [2.75, 3.05) is 23.3 Å². The highest BCUT2D eigenvalue weighted by atomic mass is 16.2. The molecular formula is C22H29N7O2. The van der Waals surface area contributed by atoms with Gasteiger partial charge in [-0.15, -0.1) is 10.2 Å². The fourth-order valence-corrected chi connectivity index (χ4v) is 3.65. The quantitative estimate of drug-likeness (QED) is 0.584. The average Bonchev–Trinajstić information content (AvgIpc) is 2.73. The van der Waals surface area contributed by atoms with E-state index in [-0.39, 0.29) is 17.4 Å². The maximum atomic E-state index is 11.9. The van der Waals surface area contributed by atoms with Crippen molar-refractivity contribution in [3.05, 3.63) is 48.2 Å². The second kappa shape index (κ2) is 9.11. The Labute approximate surface area is 182 Å². The summed E-state index contributed by atoms with van der Waals surface area (Å²) in [6, 6.07) is 7.88. The van der Waals surface area contributed by atoms with Crippen molar-refractivity contribution in [1.82, 2.24) is 20.5 Å². The van der Waals surface area contributed by atoms with Crippen LogP contribution in [0.2, 0.25) is 0 Å². The van der Waals surface area contributed by atoms with Crippen LogP contribution in [0.5, 0.6) is 0 Å². The minimum atomic E-state index is -0.713. The summed E-state index contributed by atoms with van der Waals surface area (Å²) < 4.78 is 0. The summed E-state index contributed by atoms with van der Waals surface area (Å²) >= 11 is 0. The van der Waals surface area contributed by atoms with Crippen molar-refractivity contribution in [2.45, 2.75) is 45.1 Å². The van der Waals surface area contributed by atoms with Crippen LogP contribution in [0.25, 0.3) is 0 Å². The molecule has 1 fully saturated rings. The predicted molar refractivity (Wildman–Crippen MR) is 120 cm³/mol. The first kappa shape index (κ1) is 22.2. The van der Waals surface area contributed by atoms with E-state index in [1.54, 1.807) is 0 Å². The van der Waals surface area contributed by atoms with Gasteiger partial charge in [0.15, 0.2) is 11.5 Å². The minimum Gasteiger partial charge on any atom is -0.364 e. The predicted octanol–water partition coefficient (Wildman–Crippen LogP) is 2.50. The third kappa shape index (κ3) is 5.36. The highest BCUT2D eigenvalue weighted by molar-refractivity contribution is 5.96. The van der Waals surface area contributed by atoms with E-state index in [1.165, 1.54) is 11.6 Å². The van der Waals surface area contributed by atoms with Crippen LogP contribution < -0.4 is 21.3 Å². The normalized spacial score (nSPS) is 18.5. The number of benzene rings is 1. The summed E-state index contributed by atoms with van der Waals surface area (Å²) in [7, 11) is 0. The highest BCUT2D eigenvalue weighted by Crippen LogP contribution is 2.26. The van der Waals surface area contributed by atoms with Crippen molar-refractivity contribution in [2.24, 2.45) is 5.73 Å². The Morgan fingerprint density at radius 1 is 1.26 bits per heavy atom. The number of rotatable bonds is 7. The lowest BCUT2D eigenvalue weighted by atomic mass is 9.91. The molecular weight excluding hydrogens is 394 g/mol. The molecule has 2 amide bonds. The minimum absolute atomic E-state index is 0.0311. The number of hydrogen-bond acceptors (Lipinski definition) is 7. The fourth-order valence-electron chi connectivity index (χ4n) is 3.65. The molecule has 9 heteroatoms. The maximum absolute atomic E-state index is 11.9. The molecule has 3 rings (SSSR count). The van der Waals surface area contributed by atoms with E-state index in [4.69, 9.17) is 5.73 Å². The lowest BCUT2D eigenvalue weighted by Gasteiger charge is -2.40. The molecule has 0 bridgehead atoms. The summed E-state index contributed by atoms with van der Waals surface area (Å²) in [6.07, 6.45) is 2.92. The van der Waals surface area contributed by atoms with Gasteiger partial charge in [0.05, 0.1) is 5.54 Å². The van der Waals surface area contributed by atoms with Gasteiger partial charge in [-0.25, -0.2) is 0 Å². The Morgan fingerprint density at radius 3 is 2.58 bits per heavy atom. The van der Waals surface area contributed by atoms with E-state index >= 15 is 0 Å². The number of hydrogen-bond donors (Lipinski definition) is 3. The molecule has 1 unspecified atom stereocenters. The van der Waals surface area contributed by atoms with Gasteiger partial charge in [0.1, 0.15) is 0 Å². The van der Waals surface area contributed by atoms with Crippen molar-refractivity contribution < 1.29 is 9.59 Å². The lowest BCUT2D eigenvalue weighted by molar-refractivity contribution is -0.118. The Balaban J connectivity index is 1.86. The molecule has 1 aliphatic heterocycles. The number of nitrogens with two attached hydrogens (primary N) is 1. The van der Waals surface area contributed by atoms with Crippen molar-refractivity contribution in [3.63, 3.8) is 0 Å². The third-order valence-corrected chi connectivity index (χ3v) is 5.34. The fraction of sp³-hybridized carbons (Fsp3) is 0.409. The Morgan fingerprint density at radius 2 is 1.97 bits per heavy atom. The number of carbonyl (C=O) groups excluding carboxylic acids is 2. The standard InChI is InChI=1S/C22H29N7O2/c1-5-17(30)26-22(4)11-6-12-29(13-22)21-25-20(18(19(23)31)27-28-21)24-16-9-7-15(8-10-16)14(2)3/h5,7-10,14H,1,6,11-13H2,2-4H3,(H2,23,31)(H,26,30)(H,24,25,28). The van der Waals surface area contributed by atoms with Crippen LogP contribution in [0, 0.1) is 0 Å². The first-order chi connectivity index (χ1) is 14.7. The summed E-state index contributed by atoms with van der Waals surface area (Å²) in [4.78, 5) is 30.2. The zero-order chi connectivity index (χ0) is 22.6. The van der Waals surface area contributed by atoms with Gasteiger partial charge in [-0.05, 0) is 49.5 Å². The largest absolute Gasteiger partial charge is 0.364 e. The van der Waals surface area contributed by atoms with Crippen LogP contribution in [0.1, 0.15) is 55.6 Å². The third-order valence-electron chi connectivity index (χ3n) is 5.34. The molecule has 0 spiro atoms. The second-order valence-corrected chi connectivity index (χ2v) is 8.35. The van der Waals surface area contributed by atoms with Crippen LogP contribution in [0.3, 0.4) is 0 Å². The summed E-state index contributed by atoms with van der Waals surface area (Å²) in [6.45, 7) is 10.9. The van der Waals surface area contributed by atoms with E-state index in [0.29, 0.717) is 25.0 Å². The van der Waals surface area contributed by atoms with E-state index in [9.17, 15) is 9.59 Å².